The Morgan fingerprint density at radius 1 is 0.537 bits per heavy atom. The molecule has 0 unspecified atom stereocenters. The molecule has 10 rings (SSSR count). The smallest absolute Gasteiger partial charge is 0.148 e. The van der Waals surface area contributed by atoms with E-state index in [2.05, 4.69) is 102 Å². The topological polar surface area (TPSA) is 64.1 Å². The molecule has 0 atom stereocenters. The number of imidazole rings is 1. The second-order valence-corrected chi connectivity index (χ2v) is 13.1. The number of phenols is 1. The van der Waals surface area contributed by atoms with Gasteiger partial charge in [0.2, 0.25) is 0 Å². The Hall–Kier alpha value is -6.55. The molecule has 1 N–H and O–H groups in total. The summed E-state index contributed by atoms with van der Waals surface area (Å²) in [5.74, 6) is 0.806. The van der Waals surface area contributed by atoms with Crippen LogP contribution in [-0.2, 0) is 21.1 Å². The summed E-state index contributed by atoms with van der Waals surface area (Å²) in [6, 6.07) is 60.8. The standard InChI is InChI=1S/C48H30N3O2.Pt/c52-44-24-11-8-20-39(44)48-50-47-37(21-13-23-43(47)51(48)42-22-10-7-18-36(42)32-16-5-2-6-17-32)34-26-33(31-14-3-1-4-15-31)27-35(28-34)41-29-46-40(30-49-41)38-19-9-12-25-45(38)53-46;/h1-27,29-30,52H;/q-1;. The van der Waals surface area contributed by atoms with Gasteiger partial charge in [0.25, 0.3) is 0 Å². The summed E-state index contributed by atoms with van der Waals surface area (Å²) in [5.41, 5.74) is 12.6. The van der Waals surface area contributed by atoms with Crippen LogP contribution < -0.4 is 0 Å². The molecular weight excluding hydrogens is 846 g/mol. The van der Waals surface area contributed by atoms with E-state index in [1.54, 1.807) is 6.07 Å². The van der Waals surface area contributed by atoms with Crippen LogP contribution in [0.3, 0.4) is 0 Å². The Morgan fingerprint density at radius 2 is 1.20 bits per heavy atom. The van der Waals surface area contributed by atoms with Crippen LogP contribution >= 0.6 is 0 Å². The molecule has 0 bridgehead atoms. The van der Waals surface area contributed by atoms with E-state index in [-0.39, 0.29) is 26.8 Å². The maximum absolute atomic E-state index is 11.2. The Labute approximate surface area is 326 Å². The molecule has 0 radical (unpaired) electrons. The number of aromatic hydroxyl groups is 1. The number of hydrogen-bond donors (Lipinski definition) is 1. The van der Waals surface area contributed by atoms with Crippen molar-refractivity contribution in [2.45, 2.75) is 0 Å². The average molecular weight is 876 g/mol. The molecule has 54 heavy (non-hydrogen) atoms. The number of aromatic nitrogens is 3. The van der Waals surface area contributed by atoms with Crippen LogP contribution in [0, 0.1) is 6.07 Å². The Bertz CT molecular complexity index is 2970. The minimum atomic E-state index is 0. The Kier molecular flexibility index (Phi) is 8.49. The fourth-order valence-electron chi connectivity index (χ4n) is 7.35. The van der Waals surface area contributed by atoms with Gasteiger partial charge in [0, 0.05) is 49.3 Å². The summed E-state index contributed by atoms with van der Waals surface area (Å²) in [5, 5.41) is 13.2. The minimum absolute atomic E-state index is 0. The molecule has 0 aliphatic rings. The minimum Gasteiger partial charge on any atom is -0.507 e. The zero-order valence-corrected chi connectivity index (χ0v) is 31.0. The molecule has 0 fully saturated rings. The zero-order valence-electron chi connectivity index (χ0n) is 28.8. The molecule has 260 valence electrons. The fraction of sp³-hybridized carbons (Fsp3) is 0. The van der Waals surface area contributed by atoms with E-state index >= 15 is 0 Å². The predicted octanol–water partition coefficient (Wildman–Crippen LogP) is 12.2. The predicted molar refractivity (Wildman–Crippen MR) is 214 cm³/mol. The molecule has 0 aliphatic heterocycles. The number of pyridine rings is 1. The van der Waals surface area contributed by atoms with Crippen molar-refractivity contribution in [1.82, 2.24) is 14.5 Å². The summed E-state index contributed by atoms with van der Waals surface area (Å²) >= 11 is 0. The summed E-state index contributed by atoms with van der Waals surface area (Å²) in [7, 11) is 0. The molecule has 6 heteroatoms. The van der Waals surface area contributed by atoms with Gasteiger partial charge < -0.3 is 9.52 Å². The van der Waals surface area contributed by atoms with Gasteiger partial charge in [-0.3, -0.25) is 9.55 Å². The van der Waals surface area contributed by atoms with Crippen molar-refractivity contribution >= 4 is 33.0 Å². The monoisotopic (exact) mass is 875 g/mol. The SMILES string of the molecule is Oc1ccccc1-c1nc2c(-c3[c-]c(-c4cc5oc6ccccc6c5cn4)cc(-c4ccccc4)c3)cccc2n1-c1ccccc1-c1ccccc1.[Pt]. The number of benzene rings is 7. The van der Waals surface area contributed by atoms with Gasteiger partial charge in [-0.25, -0.2) is 4.98 Å². The summed E-state index contributed by atoms with van der Waals surface area (Å²) in [6.07, 6.45) is 1.89. The first-order chi connectivity index (χ1) is 26.2. The van der Waals surface area contributed by atoms with Crippen molar-refractivity contribution in [3.63, 3.8) is 0 Å². The van der Waals surface area contributed by atoms with Crippen LogP contribution in [0.15, 0.2) is 180 Å². The van der Waals surface area contributed by atoms with Crippen molar-refractivity contribution in [3.8, 4) is 67.5 Å². The van der Waals surface area contributed by atoms with Gasteiger partial charge in [0.1, 0.15) is 22.7 Å². The van der Waals surface area contributed by atoms with Gasteiger partial charge in [-0.1, -0.05) is 138 Å². The summed E-state index contributed by atoms with van der Waals surface area (Å²) in [4.78, 5) is 10.3. The largest absolute Gasteiger partial charge is 0.507 e. The van der Waals surface area contributed by atoms with Gasteiger partial charge >= 0.3 is 0 Å². The third kappa shape index (κ3) is 5.71. The van der Waals surface area contributed by atoms with E-state index in [0.717, 1.165) is 83.3 Å². The number of rotatable bonds is 6. The first-order valence-corrected chi connectivity index (χ1v) is 17.5. The molecule has 0 saturated heterocycles. The van der Waals surface area contributed by atoms with E-state index in [1.807, 2.05) is 79.0 Å². The molecule has 7 aromatic carbocycles. The van der Waals surface area contributed by atoms with Gasteiger partial charge in [-0.2, -0.15) is 0 Å². The van der Waals surface area contributed by atoms with Crippen LogP contribution in [0.2, 0.25) is 0 Å². The fourth-order valence-corrected chi connectivity index (χ4v) is 7.35. The van der Waals surface area contributed by atoms with Crippen molar-refractivity contribution in [2.24, 2.45) is 0 Å². The van der Waals surface area contributed by atoms with Crippen LogP contribution in [0.5, 0.6) is 5.75 Å². The first kappa shape index (κ1) is 33.3. The molecular formula is C48H30N3O2Pt-. The van der Waals surface area contributed by atoms with Crippen molar-refractivity contribution in [3.05, 3.63) is 182 Å². The number of phenolic OH excluding ortho intramolecular Hbond substituents is 1. The molecule has 0 saturated carbocycles. The molecule has 0 amide bonds. The van der Waals surface area contributed by atoms with Gasteiger partial charge in [0.15, 0.2) is 0 Å². The molecule has 0 aliphatic carbocycles. The number of furan rings is 1. The van der Waals surface area contributed by atoms with Gasteiger partial charge in [0.05, 0.1) is 22.3 Å². The molecule has 3 heterocycles. The first-order valence-electron chi connectivity index (χ1n) is 17.5. The molecule has 5 nitrogen and oxygen atoms in total. The Morgan fingerprint density at radius 3 is 2.02 bits per heavy atom. The van der Waals surface area contributed by atoms with Gasteiger partial charge in [-0.15, -0.1) is 23.8 Å². The van der Waals surface area contributed by atoms with Crippen molar-refractivity contribution < 1.29 is 30.6 Å². The van der Waals surface area contributed by atoms with Crippen molar-refractivity contribution in [2.75, 3.05) is 0 Å². The van der Waals surface area contributed by atoms with Crippen molar-refractivity contribution in [1.29, 1.82) is 0 Å². The second kappa shape index (κ2) is 13.8. The third-order valence-electron chi connectivity index (χ3n) is 9.87. The van der Waals surface area contributed by atoms with E-state index in [0.29, 0.717) is 11.4 Å². The van der Waals surface area contributed by atoms with E-state index < -0.39 is 0 Å². The zero-order chi connectivity index (χ0) is 35.3. The summed E-state index contributed by atoms with van der Waals surface area (Å²) < 4.78 is 8.43. The second-order valence-electron chi connectivity index (χ2n) is 13.1. The quantitative estimate of drug-likeness (QED) is 0.169. The van der Waals surface area contributed by atoms with Crippen LogP contribution in [0.1, 0.15) is 0 Å². The van der Waals surface area contributed by atoms with E-state index in [9.17, 15) is 5.11 Å². The van der Waals surface area contributed by atoms with Gasteiger partial charge in [-0.05, 0) is 47.5 Å². The number of hydrogen-bond acceptors (Lipinski definition) is 4. The maximum atomic E-state index is 11.2. The third-order valence-corrected chi connectivity index (χ3v) is 9.87. The number of fused-ring (bicyclic) bond motifs is 4. The summed E-state index contributed by atoms with van der Waals surface area (Å²) in [6.45, 7) is 0. The molecule has 3 aromatic heterocycles. The van der Waals surface area contributed by atoms with Crippen LogP contribution in [-0.4, -0.2) is 19.6 Å². The van der Waals surface area contributed by atoms with Crippen LogP contribution in [0.4, 0.5) is 0 Å². The normalized spacial score (nSPS) is 11.3. The number of para-hydroxylation sites is 4. The van der Waals surface area contributed by atoms with Crippen LogP contribution in [0.25, 0.3) is 94.7 Å². The maximum Gasteiger partial charge on any atom is 0.148 e. The molecule has 10 aromatic rings. The van der Waals surface area contributed by atoms with E-state index in [4.69, 9.17) is 14.4 Å². The Balaban J connectivity index is 0.00000384. The number of nitrogens with zero attached hydrogens (tertiary/aromatic N) is 3. The van der Waals surface area contributed by atoms with E-state index in [1.165, 1.54) is 0 Å². The molecule has 0 spiro atoms. The average Bonchev–Trinajstić information content (AvgIpc) is 3.80.